The summed E-state index contributed by atoms with van der Waals surface area (Å²) in [5.41, 5.74) is 1.33. The van der Waals surface area contributed by atoms with Crippen LogP contribution in [0.1, 0.15) is 35.0 Å². The van der Waals surface area contributed by atoms with E-state index in [-0.39, 0.29) is 17.9 Å². The molecule has 0 radical (unpaired) electrons. The van der Waals surface area contributed by atoms with Gasteiger partial charge >= 0.3 is 0 Å². The van der Waals surface area contributed by atoms with Crippen LogP contribution in [0.15, 0.2) is 24.5 Å². The lowest BCUT2D eigenvalue weighted by Gasteiger charge is -2.31. The SMILES string of the molecule is COc1ncc(C(=O)NC[C@@H]2CCCO[C@H]2c2ccn[nH]2)cc1Cl. The Kier molecular flexibility index (Phi) is 5.32. The van der Waals surface area contributed by atoms with Crippen LogP contribution in [-0.4, -0.2) is 41.3 Å². The maximum absolute atomic E-state index is 12.3. The van der Waals surface area contributed by atoms with Crippen molar-refractivity contribution in [3.63, 3.8) is 0 Å². The molecule has 1 amide bonds. The molecule has 1 aliphatic heterocycles. The highest BCUT2D eigenvalue weighted by Crippen LogP contribution is 2.32. The molecule has 0 aromatic carbocycles. The Morgan fingerprint density at radius 1 is 1.58 bits per heavy atom. The topological polar surface area (TPSA) is 89.1 Å². The lowest BCUT2D eigenvalue weighted by atomic mass is 9.92. The second-order valence-electron chi connectivity index (χ2n) is 5.63. The molecule has 3 heterocycles. The average molecular weight is 351 g/mol. The maximum atomic E-state index is 12.3. The summed E-state index contributed by atoms with van der Waals surface area (Å²) in [6.07, 6.45) is 5.02. The number of hydrogen-bond donors (Lipinski definition) is 2. The van der Waals surface area contributed by atoms with Gasteiger partial charge in [-0.05, 0) is 25.0 Å². The van der Waals surface area contributed by atoms with E-state index in [4.69, 9.17) is 21.1 Å². The van der Waals surface area contributed by atoms with Crippen LogP contribution in [-0.2, 0) is 4.74 Å². The van der Waals surface area contributed by atoms with E-state index in [0.29, 0.717) is 29.6 Å². The van der Waals surface area contributed by atoms with Crippen molar-refractivity contribution >= 4 is 17.5 Å². The van der Waals surface area contributed by atoms with E-state index in [1.165, 1.54) is 13.3 Å². The number of aromatic nitrogens is 3. The first kappa shape index (κ1) is 16.7. The molecular weight excluding hydrogens is 332 g/mol. The Morgan fingerprint density at radius 2 is 2.46 bits per heavy atom. The number of nitrogens with one attached hydrogen (secondary N) is 2. The summed E-state index contributed by atoms with van der Waals surface area (Å²) in [7, 11) is 1.48. The summed E-state index contributed by atoms with van der Waals surface area (Å²) in [6, 6.07) is 3.45. The second kappa shape index (κ2) is 7.63. The molecule has 2 aromatic heterocycles. The number of H-pyrrole nitrogens is 1. The molecule has 2 atom stereocenters. The van der Waals surface area contributed by atoms with Crippen LogP contribution in [0.3, 0.4) is 0 Å². The highest BCUT2D eigenvalue weighted by atomic mass is 35.5. The van der Waals surface area contributed by atoms with Crippen molar-refractivity contribution in [2.75, 3.05) is 20.3 Å². The van der Waals surface area contributed by atoms with E-state index in [0.717, 1.165) is 18.5 Å². The van der Waals surface area contributed by atoms with Crippen LogP contribution in [0.5, 0.6) is 5.88 Å². The minimum atomic E-state index is -0.221. The Labute approximate surface area is 144 Å². The third kappa shape index (κ3) is 3.68. The zero-order valence-corrected chi connectivity index (χ0v) is 14.0. The monoisotopic (exact) mass is 350 g/mol. The number of aromatic amines is 1. The Hall–Kier alpha value is -2.12. The minimum absolute atomic E-state index is 0.0841. The van der Waals surface area contributed by atoms with Gasteiger partial charge in [0.25, 0.3) is 5.91 Å². The molecule has 1 fully saturated rings. The predicted octanol–water partition coefficient (Wildman–Crippen LogP) is 2.36. The Morgan fingerprint density at radius 3 is 3.17 bits per heavy atom. The third-order valence-corrected chi connectivity index (χ3v) is 4.33. The van der Waals surface area contributed by atoms with Crippen LogP contribution in [0.4, 0.5) is 0 Å². The quantitative estimate of drug-likeness (QED) is 0.864. The van der Waals surface area contributed by atoms with Crippen molar-refractivity contribution in [2.45, 2.75) is 18.9 Å². The molecule has 1 saturated heterocycles. The van der Waals surface area contributed by atoms with Crippen molar-refractivity contribution in [1.29, 1.82) is 0 Å². The molecule has 7 nitrogen and oxygen atoms in total. The van der Waals surface area contributed by atoms with Gasteiger partial charge in [0.2, 0.25) is 5.88 Å². The third-order valence-electron chi connectivity index (χ3n) is 4.06. The van der Waals surface area contributed by atoms with Crippen LogP contribution in [0, 0.1) is 5.92 Å². The number of methoxy groups -OCH3 is 1. The fourth-order valence-electron chi connectivity index (χ4n) is 2.85. The molecular formula is C16H19ClN4O3. The minimum Gasteiger partial charge on any atom is -0.480 e. The summed E-state index contributed by atoms with van der Waals surface area (Å²) in [5.74, 6) is 0.263. The lowest BCUT2D eigenvalue weighted by molar-refractivity contribution is -0.0297. The van der Waals surface area contributed by atoms with Crippen LogP contribution >= 0.6 is 11.6 Å². The fourth-order valence-corrected chi connectivity index (χ4v) is 3.09. The first-order valence-corrected chi connectivity index (χ1v) is 8.15. The number of nitrogens with zero attached hydrogens (tertiary/aromatic N) is 2. The van der Waals surface area contributed by atoms with Crippen molar-refractivity contribution in [2.24, 2.45) is 5.92 Å². The van der Waals surface area contributed by atoms with Gasteiger partial charge in [-0.2, -0.15) is 5.10 Å². The number of amides is 1. The number of rotatable bonds is 5. The van der Waals surface area contributed by atoms with Gasteiger partial charge in [-0.15, -0.1) is 0 Å². The van der Waals surface area contributed by atoms with Crippen molar-refractivity contribution < 1.29 is 14.3 Å². The first-order valence-electron chi connectivity index (χ1n) is 7.77. The molecule has 8 heteroatoms. The van der Waals surface area contributed by atoms with Gasteiger partial charge < -0.3 is 14.8 Å². The summed E-state index contributed by atoms with van der Waals surface area (Å²) >= 11 is 6.01. The average Bonchev–Trinajstić information content (AvgIpc) is 3.14. The normalized spacial score (nSPS) is 20.6. The molecule has 1 aliphatic rings. The van der Waals surface area contributed by atoms with Crippen LogP contribution < -0.4 is 10.1 Å². The molecule has 0 bridgehead atoms. The molecule has 0 aliphatic carbocycles. The number of halogens is 1. The van der Waals surface area contributed by atoms with E-state index in [1.54, 1.807) is 12.3 Å². The molecule has 0 unspecified atom stereocenters. The molecule has 0 saturated carbocycles. The number of ether oxygens (including phenoxy) is 2. The second-order valence-corrected chi connectivity index (χ2v) is 6.04. The molecule has 2 aromatic rings. The standard InChI is InChI=1S/C16H19ClN4O3/c1-23-16-12(17)7-11(9-19-16)15(22)18-8-10-3-2-6-24-14(10)13-4-5-20-21-13/h4-5,7,9-10,14H,2-3,6,8H2,1H3,(H,18,22)(H,20,21)/t10-,14+/m0/s1. The summed E-state index contributed by atoms with van der Waals surface area (Å²) in [5, 5.41) is 10.2. The summed E-state index contributed by atoms with van der Waals surface area (Å²) < 4.78 is 10.8. The summed E-state index contributed by atoms with van der Waals surface area (Å²) in [4.78, 5) is 16.3. The van der Waals surface area contributed by atoms with Gasteiger partial charge in [0, 0.05) is 31.5 Å². The first-order chi connectivity index (χ1) is 11.7. The van der Waals surface area contributed by atoms with Gasteiger partial charge in [-0.1, -0.05) is 11.6 Å². The van der Waals surface area contributed by atoms with Crippen molar-refractivity contribution in [3.05, 3.63) is 40.8 Å². The van der Waals surface area contributed by atoms with E-state index in [9.17, 15) is 4.79 Å². The van der Waals surface area contributed by atoms with E-state index in [1.807, 2.05) is 6.07 Å². The molecule has 2 N–H and O–H groups in total. The van der Waals surface area contributed by atoms with Crippen molar-refractivity contribution in [3.8, 4) is 5.88 Å². The Balaban J connectivity index is 1.63. The molecule has 0 spiro atoms. The highest BCUT2D eigenvalue weighted by Gasteiger charge is 2.29. The van der Waals surface area contributed by atoms with Gasteiger partial charge in [-0.25, -0.2) is 4.98 Å². The lowest BCUT2D eigenvalue weighted by Crippen LogP contribution is -2.35. The van der Waals surface area contributed by atoms with Crippen molar-refractivity contribution in [1.82, 2.24) is 20.5 Å². The van der Waals surface area contributed by atoms with Gasteiger partial charge in [-0.3, -0.25) is 9.89 Å². The van der Waals surface area contributed by atoms with Crippen LogP contribution in [0.2, 0.25) is 5.02 Å². The maximum Gasteiger partial charge on any atom is 0.252 e. The van der Waals surface area contributed by atoms with Gasteiger partial charge in [0.1, 0.15) is 11.1 Å². The Bertz CT molecular complexity index is 693. The zero-order valence-electron chi connectivity index (χ0n) is 13.3. The zero-order chi connectivity index (χ0) is 16.9. The molecule has 3 rings (SSSR count). The van der Waals surface area contributed by atoms with Crippen LogP contribution in [0.25, 0.3) is 0 Å². The predicted molar refractivity (Wildman–Crippen MR) is 88.1 cm³/mol. The molecule has 128 valence electrons. The largest absolute Gasteiger partial charge is 0.480 e. The van der Waals surface area contributed by atoms with Gasteiger partial charge in [0.05, 0.1) is 18.4 Å². The van der Waals surface area contributed by atoms with E-state index < -0.39 is 0 Å². The number of pyridine rings is 1. The van der Waals surface area contributed by atoms with Gasteiger partial charge in [0.15, 0.2) is 0 Å². The summed E-state index contributed by atoms with van der Waals surface area (Å²) in [6.45, 7) is 1.22. The van der Waals surface area contributed by atoms with E-state index in [2.05, 4.69) is 20.5 Å². The highest BCUT2D eigenvalue weighted by molar-refractivity contribution is 6.32. The fraction of sp³-hybridized carbons (Fsp3) is 0.438. The number of hydrogen-bond acceptors (Lipinski definition) is 5. The number of carbonyl (C=O) groups excluding carboxylic acids is 1. The molecule has 24 heavy (non-hydrogen) atoms. The van der Waals surface area contributed by atoms with E-state index >= 15 is 0 Å². The smallest absolute Gasteiger partial charge is 0.252 e. The number of carbonyl (C=O) groups is 1.